The number of aryl methyl sites for hydroxylation is 1. The van der Waals surface area contributed by atoms with E-state index < -0.39 is 0 Å². The lowest BCUT2D eigenvalue weighted by Crippen LogP contribution is -2.33. The van der Waals surface area contributed by atoms with Crippen LogP contribution in [0.3, 0.4) is 0 Å². The second kappa shape index (κ2) is 7.54. The Hall–Kier alpha value is -2.82. The van der Waals surface area contributed by atoms with E-state index in [4.69, 9.17) is 0 Å². The molecule has 150 valence electrons. The maximum Gasteiger partial charge on any atom is 0.251 e. The Morgan fingerprint density at radius 1 is 1.24 bits per heavy atom. The maximum atomic E-state index is 12.1. The van der Waals surface area contributed by atoms with E-state index in [1.807, 2.05) is 25.3 Å². The Morgan fingerprint density at radius 2 is 2.07 bits per heavy atom. The summed E-state index contributed by atoms with van der Waals surface area (Å²) in [6, 6.07) is 4.72. The highest BCUT2D eigenvalue weighted by Gasteiger charge is 2.28. The minimum atomic E-state index is -0.00559. The van der Waals surface area contributed by atoms with Gasteiger partial charge < -0.3 is 14.8 Å². The number of rotatable bonds is 4. The first-order valence-electron chi connectivity index (χ1n) is 10.8. The maximum absolute atomic E-state index is 12.1. The third-order valence-electron chi connectivity index (χ3n) is 6.23. The van der Waals surface area contributed by atoms with E-state index in [2.05, 4.69) is 44.2 Å². The number of hydrogen-bond donors (Lipinski definition) is 1. The van der Waals surface area contributed by atoms with Gasteiger partial charge in [-0.05, 0) is 55.9 Å². The minimum Gasteiger partial charge on any atom is -0.370 e. The molecule has 1 aliphatic carbocycles. The lowest BCUT2D eigenvalue weighted by atomic mass is 10.0. The van der Waals surface area contributed by atoms with E-state index >= 15 is 0 Å². The van der Waals surface area contributed by atoms with Crippen molar-refractivity contribution in [3.8, 4) is 0 Å². The van der Waals surface area contributed by atoms with Gasteiger partial charge in [-0.1, -0.05) is 24.6 Å². The molecule has 0 spiro atoms. The highest BCUT2D eigenvalue weighted by molar-refractivity contribution is 5.77. The molecule has 1 saturated carbocycles. The fourth-order valence-electron chi connectivity index (χ4n) is 4.32. The molecule has 5 nitrogen and oxygen atoms in total. The highest BCUT2D eigenvalue weighted by Crippen LogP contribution is 2.30. The molecule has 2 aliphatic heterocycles. The van der Waals surface area contributed by atoms with Crippen molar-refractivity contribution in [3.05, 3.63) is 69.4 Å². The van der Waals surface area contributed by atoms with Gasteiger partial charge in [-0.25, -0.2) is 0 Å². The van der Waals surface area contributed by atoms with Crippen LogP contribution in [0.4, 0.5) is 0 Å². The van der Waals surface area contributed by atoms with E-state index in [-0.39, 0.29) is 5.56 Å². The number of aromatic nitrogens is 2. The molecule has 2 fully saturated rings. The first kappa shape index (κ1) is 18.2. The predicted octanol–water partition coefficient (Wildman–Crippen LogP) is 3.84. The van der Waals surface area contributed by atoms with Crippen LogP contribution in [0.2, 0.25) is 0 Å². The number of nitrogens with one attached hydrogen (secondary N) is 1. The number of aromatic amines is 1. The summed E-state index contributed by atoms with van der Waals surface area (Å²) < 4.78 is 0. The van der Waals surface area contributed by atoms with Gasteiger partial charge in [-0.15, -0.1) is 0 Å². The van der Waals surface area contributed by atoms with Gasteiger partial charge in [-0.3, -0.25) is 9.78 Å². The van der Waals surface area contributed by atoms with Gasteiger partial charge in [0.2, 0.25) is 0 Å². The summed E-state index contributed by atoms with van der Waals surface area (Å²) in [7, 11) is 0. The van der Waals surface area contributed by atoms with Crippen molar-refractivity contribution in [1.29, 1.82) is 0 Å². The quantitative estimate of drug-likeness (QED) is 0.865. The van der Waals surface area contributed by atoms with E-state index in [9.17, 15) is 4.79 Å². The van der Waals surface area contributed by atoms with E-state index in [0.717, 1.165) is 67.1 Å². The Bertz CT molecular complexity index is 1060. The topological polar surface area (TPSA) is 52.2 Å². The summed E-state index contributed by atoms with van der Waals surface area (Å²) in [6.07, 6.45) is 16.6. The lowest BCUT2D eigenvalue weighted by Gasteiger charge is -2.34. The van der Waals surface area contributed by atoms with Crippen LogP contribution in [0.15, 0.2) is 52.7 Å². The normalized spacial score (nSPS) is 19.6. The molecule has 1 N–H and O–H groups in total. The van der Waals surface area contributed by atoms with Crippen molar-refractivity contribution in [2.45, 2.75) is 45.1 Å². The number of H-pyrrole nitrogens is 1. The molecule has 2 aromatic rings. The van der Waals surface area contributed by atoms with Gasteiger partial charge in [0.15, 0.2) is 0 Å². The lowest BCUT2D eigenvalue weighted by molar-refractivity contribution is 0.308. The van der Waals surface area contributed by atoms with Crippen molar-refractivity contribution >= 4 is 17.1 Å². The number of likely N-dealkylation sites (tertiary alicyclic amines) is 1. The van der Waals surface area contributed by atoms with Crippen molar-refractivity contribution < 1.29 is 0 Å². The molecule has 0 atom stereocenters. The van der Waals surface area contributed by atoms with Gasteiger partial charge in [0.05, 0.1) is 16.7 Å². The van der Waals surface area contributed by atoms with Crippen LogP contribution in [0.25, 0.3) is 17.1 Å². The van der Waals surface area contributed by atoms with Crippen molar-refractivity contribution in [2.75, 3.05) is 19.6 Å². The summed E-state index contributed by atoms with van der Waals surface area (Å²) in [5.41, 5.74) is 6.33. The van der Waals surface area contributed by atoms with Gasteiger partial charge in [0, 0.05) is 43.6 Å². The molecule has 0 radical (unpaired) electrons. The third kappa shape index (κ3) is 3.86. The van der Waals surface area contributed by atoms with Crippen LogP contribution < -0.4 is 5.56 Å². The average Bonchev–Trinajstić information content (AvgIpc) is 3.59. The minimum absolute atomic E-state index is 0.00559. The number of pyridine rings is 2. The first-order chi connectivity index (χ1) is 14.2. The number of fused-ring (bicyclic) bond motifs is 1. The average molecular weight is 389 g/mol. The Kier molecular flexibility index (Phi) is 4.74. The number of piperidine rings is 1. The standard InChI is InChI=1S/C24H28N4O/c1-2-19-14-22-23(26-24(19)29)13-18(15-25-22)12-17-7-10-27(11-8-17)21-4-3-9-28(16-21)20-5-6-20/h3-4,12-16,20H,2,5-11H2,1H3,(H,26,29). The van der Waals surface area contributed by atoms with Crippen molar-refractivity contribution in [3.63, 3.8) is 0 Å². The third-order valence-corrected chi connectivity index (χ3v) is 6.23. The molecule has 3 aliphatic rings. The molecule has 0 bridgehead atoms. The molecule has 0 unspecified atom stereocenters. The Labute approximate surface area is 171 Å². The fraction of sp³-hybridized carbons (Fsp3) is 0.417. The number of nitrogens with zero attached hydrogens (tertiary/aromatic N) is 3. The van der Waals surface area contributed by atoms with Gasteiger partial charge >= 0.3 is 0 Å². The molecule has 2 aromatic heterocycles. The SMILES string of the molecule is CCc1cc2ncc(C=C3CCN(C4=CN(C5CC5)CC=C4)CC3)cc2[nH]c1=O. The zero-order chi connectivity index (χ0) is 19.8. The molecular formula is C24H28N4O. The highest BCUT2D eigenvalue weighted by atomic mass is 16.1. The molecule has 1 saturated heterocycles. The zero-order valence-corrected chi connectivity index (χ0v) is 17.0. The van der Waals surface area contributed by atoms with Crippen molar-refractivity contribution in [1.82, 2.24) is 19.8 Å². The van der Waals surface area contributed by atoms with E-state index in [0.29, 0.717) is 0 Å². The largest absolute Gasteiger partial charge is 0.370 e. The second-order valence-electron chi connectivity index (χ2n) is 8.35. The number of hydrogen-bond acceptors (Lipinski definition) is 4. The monoisotopic (exact) mass is 388 g/mol. The van der Waals surface area contributed by atoms with Crippen LogP contribution in [0, 0.1) is 0 Å². The van der Waals surface area contributed by atoms with Crippen LogP contribution >= 0.6 is 0 Å². The molecule has 5 rings (SSSR count). The van der Waals surface area contributed by atoms with Crippen molar-refractivity contribution in [2.24, 2.45) is 0 Å². The van der Waals surface area contributed by atoms with Crippen LogP contribution in [0.1, 0.15) is 43.7 Å². The summed E-state index contributed by atoms with van der Waals surface area (Å²) in [5, 5.41) is 0. The van der Waals surface area contributed by atoms with Gasteiger partial charge in [0.25, 0.3) is 5.56 Å². The summed E-state index contributed by atoms with van der Waals surface area (Å²) >= 11 is 0. The first-order valence-corrected chi connectivity index (χ1v) is 10.8. The molecule has 5 heteroatoms. The molecular weight excluding hydrogens is 360 g/mol. The zero-order valence-electron chi connectivity index (χ0n) is 17.0. The molecule has 4 heterocycles. The summed E-state index contributed by atoms with van der Waals surface area (Å²) in [5.74, 6) is 0. The predicted molar refractivity (Wildman–Crippen MR) is 117 cm³/mol. The number of allylic oxidation sites excluding steroid dienone is 1. The second-order valence-corrected chi connectivity index (χ2v) is 8.35. The smallest absolute Gasteiger partial charge is 0.251 e. The van der Waals surface area contributed by atoms with Crippen LogP contribution in [-0.4, -0.2) is 45.4 Å². The van der Waals surface area contributed by atoms with E-state index in [1.165, 1.54) is 24.1 Å². The molecule has 0 amide bonds. The van der Waals surface area contributed by atoms with Gasteiger partial charge in [0.1, 0.15) is 0 Å². The molecule has 0 aromatic carbocycles. The van der Waals surface area contributed by atoms with E-state index in [1.54, 1.807) is 0 Å². The fourth-order valence-corrected chi connectivity index (χ4v) is 4.32. The van der Waals surface area contributed by atoms with Crippen LogP contribution in [0.5, 0.6) is 0 Å². The Morgan fingerprint density at radius 3 is 2.83 bits per heavy atom. The summed E-state index contributed by atoms with van der Waals surface area (Å²) in [4.78, 5) is 24.6. The van der Waals surface area contributed by atoms with Crippen LogP contribution in [-0.2, 0) is 6.42 Å². The Balaban J connectivity index is 1.29. The molecule has 29 heavy (non-hydrogen) atoms. The summed E-state index contributed by atoms with van der Waals surface area (Å²) in [6.45, 7) is 5.16. The van der Waals surface area contributed by atoms with Gasteiger partial charge in [-0.2, -0.15) is 0 Å².